The smallest absolute Gasteiger partial charge is 0.191 e. The third-order valence-corrected chi connectivity index (χ3v) is 3.47. The van der Waals surface area contributed by atoms with Crippen molar-refractivity contribution in [2.24, 2.45) is 12.0 Å². The molecule has 122 valence electrons. The number of aliphatic imine (C=N–C) groups is 1. The van der Waals surface area contributed by atoms with Crippen LogP contribution in [0.5, 0.6) is 0 Å². The van der Waals surface area contributed by atoms with Gasteiger partial charge in [0.2, 0.25) is 0 Å². The molecule has 0 saturated heterocycles. The van der Waals surface area contributed by atoms with Gasteiger partial charge in [-0.05, 0) is 27.2 Å². The first kappa shape index (κ1) is 20.2. The summed E-state index contributed by atoms with van der Waals surface area (Å²) in [4.78, 5) is 4.66. The molecule has 6 heteroatoms. The van der Waals surface area contributed by atoms with Gasteiger partial charge < -0.3 is 10.6 Å². The summed E-state index contributed by atoms with van der Waals surface area (Å²) in [6.45, 7) is 11.0. The van der Waals surface area contributed by atoms with Crippen LogP contribution < -0.4 is 10.6 Å². The number of unbranched alkanes of at least 4 members (excludes halogenated alkanes) is 2. The zero-order chi connectivity index (χ0) is 15.0. The van der Waals surface area contributed by atoms with E-state index in [0.29, 0.717) is 6.54 Å². The lowest BCUT2D eigenvalue weighted by Crippen LogP contribution is -2.37. The van der Waals surface area contributed by atoms with E-state index in [0.717, 1.165) is 24.7 Å². The Labute approximate surface area is 146 Å². The maximum atomic E-state index is 4.66. The van der Waals surface area contributed by atoms with Crippen molar-refractivity contribution < 1.29 is 0 Å². The first-order valence-corrected chi connectivity index (χ1v) is 7.61. The monoisotopic (exact) mass is 407 g/mol. The van der Waals surface area contributed by atoms with Gasteiger partial charge in [-0.25, -0.2) is 4.99 Å². The van der Waals surface area contributed by atoms with Crippen molar-refractivity contribution in [3.63, 3.8) is 0 Å². The van der Waals surface area contributed by atoms with E-state index >= 15 is 0 Å². The van der Waals surface area contributed by atoms with Crippen LogP contribution in [-0.2, 0) is 13.6 Å². The molecule has 0 fully saturated rings. The normalized spacial score (nSPS) is 11.2. The molecular weight excluding hydrogens is 377 g/mol. The lowest BCUT2D eigenvalue weighted by atomic mass is 10.2. The van der Waals surface area contributed by atoms with E-state index < -0.39 is 0 Å². The van der Waals surface area contributed by atoms with Crippen molar-refractivity contribution >= 4 is 29.9 Å². The highest BCUT2D eigenvalue weighted by atomic mass is 127. The van der Waals surface area contributed by atoms with E-state index in [9.17, 15) is 0 Å². The molecule has 0 spiro atoms. The zero-order valence-corrected chi connectivity index (χ0v) is 16.3. The second-order valence-electron chi connectivity index (χ2n) is 5.10. The molecule has 0 atom stereocenters. The van der Waals surface area contributed by atoms with Crippen LogP contribution in [0.2, 0.25) is 0 Å². The summed E-state index contributed by atoms with van der Waals surface area (Å²) >= 11 is 0. The van der Waals surface area contributed by atoms with E-state index in [1.807, 2.05) is 18.7 Å². The first-order valence-electron chi connectivity index (χ1n) is 7.61. The molecule has 1 aromatic rings. The lowest BCUT2D eigenvalue weighted by Gasteiger charge is -2.11. The van der Waals surface area contributed by atoms with Crippen molar-refractivity contribution in [1.29, 1.82) is 0 Å². The molecule has 0 aliphatic heterocycles. The molecule has 0 aliphatic rings. The van der Waals surface area contributed by atoms with Crippen LogP contribution in [0.15, 0.2) is 4.99 Å². The van der Waals surface area contributed by atoms with Gasteiger partial charge >= 0.3 is 0 Å². The Hall–Kier alpha value is -0.790. The molecule has 5 nitrogen and oxygen atoms in total. The molecule has 1 rings (SSSR count). The summed E-state index contributed by atoms with van der Waals surface area (Å²) in [7, 11) is 1.98. The van der Waals surface area contributed by atoms with Crippen LogP contribution in [0.1, 0.15) is 50.1 Å². The van der Waals surface area contributed by atoms with E-state index in [4.69, 9.17) is 0 Å². The predicted octanol–water partition coefficient (Wildman–Crippen LogP) is 2.90. The van der Waals surface area contributed by atoms with Crippen molar-refractivity contribution in [3.8, 4) is 0 Å². The van der Waals surface area contributed by atoms with Crippen LogP contribution in [0.3, 0.4) is 0 Å². The number of rotatable bonds is 7. The summed E-state index contributed by atoms with van der Waals surface area (Å²) in [6.07, 6.45) is 3.68. The molecule has 1 heterocycles. The standard InChI is InChI=1S/C15H29N5.HI/c1-6-8-9-10-17-15(16-7-2)18-11-14-12(3)19-20(5)13(14)4;/h6-11H2,1-5H3,(H2,16,17,18);1H. The Morgan fingerprint density at radius 3 is 2.43 bits per heavy atom. The minimum Gasteiger partial charge on any atom is -0.357 e. The molecule has 0 aromatic carbocycles. The summed E-state index contributed by atoms with van der Waals surface area (Å²) < 4.78 is 1.92. The van der Waals surface area contributed by atoms with Crippen molar-refractivity contribution in [3.05, 3.63) is 17.0 Å². The fraction of sp³-hybridized carbons (Fsp3) is 0.733. The number of nitrogens with one attached hydrogen (secondary N) is 2. The van der Waals surface area contributed by atoms with E-state index in [1.165, 1.54) is 30.5 Å². The fourth-order valence-corrected chi connectivity index (χ4v) is 2.13. The quantitative estimate of drug-likeness (QED) is 0.316. The van der Waals surface area contributed by atoms with Crippen molar-refractivity contribution in [1.82, 2.24) is 20.4 Å². The third kappa shape index (κ3) is 6.67. The summed E-state index contributed by atoms with van der Waals surface area (Å²) in [5.41, 5.74) is 3.47. The van der Waals surface area contributed by atoms with Gasteiger partial charge in [-0.1, -0.05) is 19.8 Å². The molecule has 21 heavy (non-hydrogen) atoms. The third-order valence-electron chi connectivity index (χ3n) is 3.47. The highest BCUT2D eigenvalue weighted by molar-refractivity contribution is 14.0. The Morgan fingerprint density at radius 1 is 1.19 bits per heavy atom. The van der Waals surface area contributed by atoms with Gasteiger partial charge in [0.05, 0.1) is 12.2 Å². The zero-order valence-electron chi connectivity index (χ0n) is 14.0. The summed E-state index contributed by atoms with van der Waals surface area (Å²) in [6, 6.07) is 0. The van der Waals surface area contributed by atoms with E-state index in [-0.39, 0.29) is 24.0 Å². The molecule has 0 unspecified atom stereocenters. The number of aryl methyl sites for hydroxylation is 2. The van der Waals surface area contributed by atoms with Crippen molar-refractivity contribution in [2.75, 3.05) is 13.1 Å². The van der Waals surface area contributed by atoms with Crippen LogP contribution >= 0.6 is 24.0 Å². The van der Waals surface area contributed by atoms with Gasteiger partial charge in [0, 0.05) is 31.4 Å². The average Bonchev–Trinajstić information content (AvgIpc) is 2.66. The minimum absolute atomic E-state index is 0. The Bertz CT molecular complexity index is 440. The van der Waals surface area contributed by atoms with Crippen molar-refractivity contribution in [2.45, 2.75) is 53.5 Å². The number of halogens is 1. The number of hydrogen-bond acceptors (Lipinski definition) is 2. The molecule has 0 saturated carbocycles. The highest BCUT2D eigenvalue weighted by Gasteiger charge is 2.08. The fourth-order valence-electron chi connectivity index (χ4n) is 2.13. The average molecular weight is 407 g/mol. The van der Waals surface area contributed by atoms with Crippen LogP contribution in [0, 0.1) is 13.8 Å². The molecule has 1 aromatic heterocycles. The number of nitrogens with zero attached hydrogens (tertiary/aromatic N) is 3. The van der Waals surface area contributed by atoms with Crippen LogP contribution in [-0.4, -0.2) is 28.8 Å². The first-order chi connectivity index (χ1) is 9.60. The second-order valence-corrected chi connectivity index (χ2v) is 5.10. The summed E-state index contributed by atoms with van der Waals surface area (Å²) in [5, 5.41) is 11.1. The predicted molar refractivity (Wildman–Crippen MR) is 100 cm³/mol. The van der Waals surface area contributed by atoms with Gasteiger partial charge in [0.1, 0.15) is 0 Å². The minimum atomic E-state index is 0. The molecule has 0 radical (unpaired) electrons. The Morgan fingerprint density at radius 2 is 1.90 bits per heavy atom. The van der Waals surface area contributed by atoms with E-state index in [1.54, 1.807) is 0 Å². The molecule has 2 N–H and O–H groups in total. The maximum absolute atomic E-state index is 4.66. The molecule has 0 bridgehead atoms. The van der Waals surface area contributed by atoms with E-state index in [2.05, 4.69) is 41.5 Å². The van der Waals surface area contributed by atoms with Crippen LogP contribution in [0.25, 0.3) is 0 Å². The summed E-state index contributed by atoms with van der Waals surface area (Å²) in [5.74, 6) is 0.895. The molecule has 0 amide bonds. The second kappa shape index (κ2) is 10.9. The van der Waals surface area contributed by atoms with Crippen LogP contribution in [0.4, 0.5) is 0 Å². The Kier molecular flexibility index (Phi) is 10.5. The topological polar surface area (TPSA) is 54.2 Å². The largest absolute Gasteiger partial charge is 0.357 e. The number of hydrogen-bond donors (Lipinski definition) is 2. The molecular formula is C15H30IN5. The number of aromatic nitrogens is 2. The van der Waals surface area contributed by atoms with Gasteiger partial charge in [-0.3, -0.25) is 4.68 Å². The highest BCUT2D eigenvalue weighted by Crippen LogP contribution is 2.12. The van der Waals surface area contributed by atoms with Gasteiger partial charge in [0.25, 0.3) is 0 Å². The van der Waals surface area contributed by atoms with Gasteiger partial charge in [0.15, 0.2) is 5.96 Å². The number of guanidine groups is 1. The maximum Gasteiger partial charge on any atom is 0.191 e. The van der Waals surface area contributed by atoms with Gasteiger partial charge in [-0.15, -0.1) is 24.0 Å². The van der Waals surface area contributed by atoms with Gasteiger partial charge in [-0.2, -0.15) is 5.10 Å². The Balaban J connectivity index is 0.00000400. The SMILES string of the molecule is CCCCCNC(=NCc1c(C)nn(C)c1C)NCC.I. The molecule has 0 aliphatic carbocycles. The lowest BCUT2D eigenvalue weighted by molar-refractivity contribution is 0.683.